The number of hydrogen-bond acceptors (Lipinski definition) is 4. The van der Waals surface area contributed by atoms with Gasteiger partial charge in [-0.15, -0.1) is 0 Å². The summed E-state index contributed by atoms with van der Waals surface area (Å²) in [4.78, 5) is 27.6. The fraction of sp³-hybridized carbons (Fsp3) is 0.462. The lowest BCUT2D eigenvalue weighted by Gasteiger charge is -2.30. The van der Waals surface area contributed by atoms with Gasteiger partial charge in [-0.2, -0.15) is 0 Å². The first kappa shape index (κ1) is 27.4. The summed E-state index contributed by atoms with van der Waals surface area (Å²) in [5.41, 5.74) is 2.62. The zero-order valence-corrected chi connectivity index (χ0v) is 21.6. The highest BCUT2D eigenvalue weighted by Gasteiger charge is 2.27. The lowest BCUT2D eigenvalue weighted by molar-refractivity contribution is -0.140. The van der Waals surface area contributed by atoms with Crippen molar-refractivity contribution in [2.45, 2.75) is 65.6 Å². The van der Waals surface area contributed by atoms with Gasteiger partial charge < -0.3 is 10.2 Å². The minimum Gasteiger partial charge on any atom is -0.352 e. The van der Waals surface area contributed by atoms with Crippen LogP contribution in [0.15, 0.2) is 54.6 Å². The van der Waals surface area contributed by atoms with Crippen LogP contribution in [-0.2, 0) is 26.2 Å². The Kier molecular flexibility index (Phi) is 10.1. The second-order valence-corrected chi connectivity index (χ2v) is 10.7. The summed E-state index contributed by atoms with van der Waals surface area (Å²) in [5.74, 6) is -0.384. The molecule has 0 aliphatic rings. The van der Waals surface area contributed by atoms with Gasteiger partial charge in [0.15, 0.2) is 0 Å². The van der Waals surface area contributed by atoms with Crippen LogP contribution in [0.4, 0.5) is 5.69 Å². The van der Waals surface area contributed by atoms with Crippen molar-refractivity contribution in [3.05, 3.63) is 65.7 Å². The molecule has 186 valence electrons. The van der Waals surface area contributed by atoms with Crippen LogP contribution in [0.25, 0.3) is 0 Å². The molecule has 0 saturated heterocycles. The number of anilines is 1. The lowest BCUT2D eigenvalue weighted by Crippen LogP contribution is -2.49. The Bertz CT molecular complexity index is 1040. The molecule has 0 radical (unpaired) electrons. The van der Waals surface area contributed by atoms with Crippen LogP contribution in [-0.4, -0.2) is 50.0 Å². The maximum atomic E-state index is 13.3. The van der Waals surface area contributed by atoms with Gasteiger partial charge in [0, 0.05) is 25.6 Å². The van der Waals surface area contributed by atoms with E-state index in [9.17, 15) is 18.0 Å². The Hall–Kier alpha value is -2.87. The molecule has 0 aliphatic carbocycles. The molecular weight excluding hydrogens is 450 g/mol. The maximum Gasteiger partial charge on any atom is 0.242 e. The van der Waals surface area contributed by atoms with Crippen molar-refractivity contribution in [2.24, 2.45) is 0 Å². The molecule has 0 heterocycles. The molecule has 0 saturated carbocycles. The van der Waals surface area contributed by atoms with E-state index in [1.54, 1.807) is 36.1 Å². The van der Waals surface area contributed by atoms with Crippen LogP contribution in [0, 0.1) is 6.92 Å². The van der Waals surface area contributed by atoms with Crippen LogP contribution in [0.2, 0.25) is 0 Å². The molecule has 2 aromatic rings. The fourth-order valence-corrected chi connectivity index (χ4v) is 4.50. The quantitative estimate of drug-likeness (QED) is 0.492. The van der Waals surface area contributed by atoms with Crippen LogP contribution in [0.1, 0.15) is 51.2 Å². The summed E-state index contributed by atoms with van der Waals surface area (Å²) in [6.45, 7) is 8.14. The van der Waals surface area contributed by atoms with E-state index in [1.165, 1.54) is 4.31 Å². The second kappa shape index (κ2) is 12.6. The largest absolute Gasteiger partial charge is 0.352 e. The number of sulfonamides is 1. The molecule has 0 spiro atoms. The van der Waals surface area contributed by atoms with Crippen molar-refractivity contribution in [3.8, 4) is 0 Å². The van der Waals surface area contributed by atoms with Gasteiger partial charge in [0.05, 0.1) is 11.9 Å². The third-order valence-corrected chi connectivity index (χ3v) is 7.03. The monoisotopic (exact) mass is 487 g/mol. The van der Waals surface area contributed by atoms with E-state index in [1.807, 2.05) is 51.1 Å². The van der Waals surface area contributed by atoms with Gasteiger partial charge >= 0.3 is 0 Å². The van der Waals surface area contributed by atoms with Gasteiger partial charge in [-0.1, -0.05) is 55.0 Å². The van der Waals surface area contributed by atoms with E-state index >= 15 is 0 Å². The molecule has 2 aromatic carbocycles. The SMILES string of the molecule is CCC(C)NC(=O)C(C)N(Cc1ccc(C)cc1)C(=O)CCCN(c1ccccc1)S(C)(=O)=O. The fourth-order valence-electron chi connectivity index (χ4n) is 3.54. The number of para-hydroxylation sites is 1. The van der Waals surface area contributed by atoms with E-state index in [0.29, 0.717) is 18.7 Å². The average Bonchev–Trinajstić information content (AvgIpc) is 2.80. The van der Waals surface area contributed by atoms with Gasteiger partial charge in [0.25, 0.3) is 0 Å². The summed E-state index contributed by atoms with van der Waals surface area (Å²) < 4.78 is 25.9. The van der Waals surface area contributed by atoms with Crippen molar-refractivity contribution in [3.63, 3.8) is 0 Å². The number of carbonyl (C=O) groups is 2. The van der Waals surface area contributed by atoms with Gasteiger partial charge in [-0.3, -0.25) is 13.9 Å². The standard InChI is InChI=1S/C26H37N3O4S/c1-6-21(3)27-26(31)22(4)28(19-23-16-14-20(2)15-17-23)25(30)13-10-18-29(34(5,32)33)24-11-8-7-9-12-24/h7-9,11-12,14-17,21-22H,6,10,13,18-19H2,1-5H3,(H,27,31). The van der Waals surface area contributed by atoms with E-state index in [0.717, 1.165) is 23.8 Å². The van der Waals surface area contributed by atoms with E-state index in [2.05, 4.69) is 5.32 Å². The van der Waals surface area contributed by atoms with Gasteiger partial charge in [0.1, 0.15) is 6.04 Å². The molecule has 34 heavy (non-hydrogen) atoms. The van der Waals surface area contributed by atoms with Crippen molar-refractivity contribution >= 4 is 27.5 Å². The van der Waals surface area contributed by atoms with Crippen molar-refractivity contribution in [1.29, 1.82) is 0 Å². The van der Waals surface area contributed by atoms with Gasteiger partial charge in [0.2, 0.25) is 21.8 Å². The number of rotatable bonds is 12. The predicted octanol–water partition coefficient (Wildman–Crippen LogP) is 3.87. The summed E-state index contributed by atoms with van der Waals surface area (Å²) in [6, 6.07) is 16.1. The van der Waals surface area contributed by atoms with Gasteiger partial charge in [-0.05, 0) is 51.3 Å². The molecule has 0 fully saturated rings. The third-order valence-electron chi connectivity index (χ3n) is 5.84. The minimum absolute atomic E-state index is 0.0143. The van der Waals surface area contributed by atoms with Crippen LogP contribution in [0.3, 0.4) is 0 Å². The Morgan fingerprint density at radius 1 is 1.00 bits per heavy atom. The van der Waals surface area contributed by atoms with Crippen LogP contribution in [0.5, 0.6) is 0 Å². The molecule has 1 N–H and O–H groups in total. The number of amides is 2. The van der Waals surface area contributed by atoms with E-state index < -0.39 is 16.1 Å². The summed E-state index contributed by atoms with van der Waals surface area (Å²) in [6.07, 6.45) is 2.43. The summed E-state index contributed by atoms with van der Waals surface area (Å²) in [7, 11) is -3.49. The summed E-state index contributed by atoms with van der Waals surface area (Å²) in [5, 5.41) is 2.95. The smallest absolute Gasteiger partial charge is 0.242 e. The molecule has 2 unspecified atom stereocenters. The maximum absolute atomic E-state index is 13.3. The van der Waals surface area contributed by atoms with Crippen LogP contribution >= 0.6 is 0 Å². The third kappa shape index (κ3) is 8.17. The number of benzene rings is 2. The molecule has 2 atom stereocenters. The van der Waals surface area contributed by atoms with Crippen LogP contribution < -0.4 is 9.62 Å². The highest BCUT2D eigenvalue weighted by Crippen LogP contribution is 2.19. The first-order valence-electron chi connectivity index (χ1n) is 11.7. The summed E-state index contributed by atoms with van der Waals surface area (Å²) >= 11 is 0. The molecule has 0 aromatic heterocycles. The Morgan fingerprint density at radius 3 is 2.18 bits per heavy atom. The minimum atomic E-state index is -3.49. The number of carbonyl (C=O) groups excluding carboxylic acids is 2. The molecule has 2 rings (SSSR count). The molecule has 7 nitrogen and oxygen atoms in total. The number of aryl methyl sites for hydroxylation is 1. The molecule has 0 aliphatic heterocycles. The highest BCUT2D eigenvalue weighted by atomic mass is 32.2. The Morgan fingerprint density at radius 2 is 1.62 bits per heavy atom. The predicted molar refractivity (Wildman–Crippen MR) is 137 cm³/mol. The molecular formula is C26H37N3O4S. The molecule has 8 heteroatoms. The Balaban J connectivity index is 2.14. The average molecular weight is 488 g/mol. The number of nitrogens with zero attached hydrogens (tertiary/aromatic N) is 2. The van der Waals surface area contributed by atoms with Crippen molar-refractivity contribution in [1.82, 2.24) is 10.2 Å². The number of nitrogens with one attached hydrogen (secondary N) is 1. The zero-order valence-electron chi connectivity index (χ0n) is 20.8. The van der Waals surface area contributed by atoms with Gasteiger partial charge in [-0.25, -0.2) is 8.42 Å². The lowest BCUT2D eigenvalue weighted by atomic mass is 10.1. The second-order valence-electron chi connectivity index (χ2n) is 8.78. The zero-order chi connectivity index (χ0) is 25.3. The highest BCUT2D eigenvalue weighted by molar-refractivity contribution is 7.92. The van der Waals surface area contributed by atoms with E-state index in [-0.39, 0.29) is 30.8 Å². The van der Waals surface area contributed by atoms with Crippen molar-refractivity contribution in [2.75, 3.05) is 17.1 Å². The number of hydrogen-bond donors (Lipinski definition) is 1. The first-order chi connectivity index (χ1) is 16.0. The Labute approximate surface area is 204 Å². The molecule has 2 amide bonds. The molecule has 0 bridgehead atoms. The van der Waals surface area contributed by atoms with E-state index in [4.69, 9.17) is 0 Å². The first-order valence-corrected chi connectivity index (χ1v) is 13.6. The normalized spacial score (nSPS) is 13.1. The topological polar surface area (TPSA) is 86.8 Å². The van der Waals surface area contributed by atoms with Crippen molar-refractivity contribution < 1.29 is 18.0 Å².